The van der Waals surface area contributed by atoms with Crippen molar-refractivity contribution < 1.29 is 14.7 Å². The second-order valence-electron chi connectivity index (χ2n) is 3.51. The van der Waals surface area contributed by atoms with Crippen LogP contribution in [0.2, 0.25) is 14.4 Å². The number of carboxylic acid groups (broad SMARTS) is 1. The van der Waals surface area contributed by atoms with Gasteiger partial charge in [-0.15, -0.1) is 11.3 Å². The standard InChI is InChI=1S/C12H5Cl3O3S/c13-7-8(14)11(15)19-10(7)9(16)5-3-1-2-4-6(5)12(17)18/h1-4H,(H,17,18). The Balaban J connectivity index is 2.56. The molecule has 0 aliphatic carbocycles. The van der Waals surface area contributed by atoms with E-state index in [0.29, 0.717) is 0 Å². The highest BCUT2D eigenvalue weighted by Crippen LogP contribution is 2.41. The zero-order chi connectivity index (χ0) is 14.2. The number of carbonyl (C=O) groups is 2. The Morgan fingerprint density at radius 2 is 1.58 bits per heavy atom. The molecule has 0 saturated carbocycles. The molecule has 1 heterocycles. The van der Waals surface area contributed by atoms with Gasteiger partial charge < -0.3 is 5.11 Å². The van der Waals surface area contributed by atoms with Crippen LogP contribution in [-0.4, -0.2) is 16.9 Å². The highest BCUT2D eigenvalue weighted by atomic mass is 35.5. The number of aromatic carboxylic acids is 1. The molecular formula is C12H5Cl3O3S. The zero-order valence-electron chi connectivity index (χ0n) is 9.12. The van der Waals surface area contributed by atoms with Crippen LogP contribution in [0.25, 0.3) is 0 Å². The molecule has 7 heteroatoms. The summed E-state index contributed by atoms with van der Waals surface area (Å²) in [6.45, 7) is 0. The van der Waals surface area contributed by atoms with Crippen LogP contribution in [0.4, 0.5) is 0 Å². The lowest BCUT2D eigenvalue weighted by Crippen LogP contribution is -2.08. The maximum Gasteiger partial charge on any atom is 0.336 e. The van der Waals surface area contributed by atoms with Crippen LogP contribution in [0.1, 0.15) is 25.6 Å². The topological polar surface area (TPSA) is 54.4 Å². The molecule has 98 valence electrons. The fourth-order valence-electron chi connectivity index (χ4n) is 1.50. The molecule has 2 rings (SSSR count). The van der Waals surface area contributed by atoms with E-state index in [-0.39, 0.29) is 30.4 Å². The highest BCUT2D eigenvalue weighted by Gasteiger charge is 2.24. The fourth-order valence-corrected chi connectivity index (χ4v) is 3.26. The van der Waals surface area contributed by atoms with E-state index >= 15 is 0 Å². The summed E-state index contributed by atoms with van der Waals surface area (Å²) in [6.07, 6.45) is 0. The first-order chi connectivity index (χ1) is 8.93. The predicted molar refractivity (Wildman–Crippen MR) is 76.2 cm³/mol. The maximum atomic E-state index is 12.3. The zero-order valence-corrected chi connectivity index (χ0v) is 12.2. The van der Waals surface area contributed by atoms with Gasteiger partial charge in [0.1, 0.15) is 4.34 Å². The van der Waals surface area contributed by atoms with Gasteiger partial charge in [0.2, 0.25) is 5.78 Å². The van der Waals surface area contributed by atoms with Crippen molar-refractivity contribution in [3.63, 3.8) is 0 Å². The summed E-state index contributed by atoms with van der Waals surface area (Å²) in [4.78, 5) is 23.5. The summed E-state index contributed by atoms with van der Waals surface area (Å²) in [7, 11) is 0. The fraction of sp³-hybridized carbons (Fsp3) is 0. The first kappa shape index (κ1) is 14.3. The number of halogens is 3. The van der Waals surface area contributed by atoms with Crippen LogP contribution in [-0.2, 0) is 0 Å². The van der Waals surface area contributed by atoms with Gasteiger partial charge in [-0.3, -0.25) is 4.79 Å². The predicted octanol–water partition coefficient (Wildman–Crippen LogP) is 4.64. The van der Waals surface area contributed by atoms with Crippen LogP contribution in [0.5, 0.6) is 0 Å². The van der Waals surface area contributed by atoms with Gasteiger partial charge in [-0.2, -0.15) is 0 Å². The Morgan fingerprint density at radius 1 is 1.00 bits per heavy atom. The molecular weight excluding hydrogens is 331 g/mol. The second kappa shape index (κ2) is 5.51. The first-order valence-corrected chi connectivity index (χ1v) is 6.88. The van der Waals surface area contributed by atoms with E-state index in [4.69, 9.17) is 39.9 Å². The average Bonchev–Trinajstić information content (AvgIpc) is 2.65. The molecule has 0 aliphatic rings. The number of carbonyl (C=O) groups excluding carboxylic acids is 1. The smallest absolute Gasteiger partial charge is 0.336 e. The van der Waals surface area contributed by atoms with Crippen LogP contribution in [0.15, 0.2) is 24.3 Å². The second-order valence-corrected chi connectivity index (χ2v) is 5.89. The summed E-state index contributed by atoms with van der Waals surface area (Å²) >= 11 is 18.5. The summed E-state index contributed by atoms with van der Waals surface area (Å²) in [5, 5.41) is 9.20. The van der Waals surface area contributed by atoms with E-state index in [2.05, 4.69) is 0 Å². The van der Waals surface area contributed by atoms with Gasteiger partial charge in [-0.25, -0.2) is 4.79 Å². The average molecular weight is 336 g/mol. The molecule has 0 saturated heterocycles. The Morgan fingerprint density at radius 3 is 2.05 bits per heavy atom. The molecule has 0 radical (unpaired) electrons. The van der Waals surface area contributed by atoms with Crippen molar-refractivity contribution in [2.45, 2.75) is 0 Å². The lowest BCUT2D eigenvalue weighted by Gasteiger charge is -2.03. The Labute approximate surface area is 127 Å². The van der Waals surface area contributed by atoms with Gasteiger partial charge >= 0.3 is 5.97 Å². The summed E-state index contributed by atoms with van der Waals surface area (Å²) in [6, 6.07) is 5.88. The third-order valence-electron chi connectivity index (χ3n) is 2.36. The number of benzene rings is 1. The summed E-state index contributed by atoms with van der Waals surface area (Å²) in [5.74, 6) is -1.70. The third kappa shape index (κ3) is 2.62. The van der Waals surface area contributed by atoms with Gasteiger partial charge in [-0.1, -0.05) is 53.0 Å². The molecule has 19 heavy (non-hydrogen) atoms. The molecule has 0 aliphatic heterocycles. The normalized spacial score (nSPS) is 10.5. The van der Waals surface area contributed by atoms with Crippen LogP contribution >= 0.6 is 46.1 Å². The Hall–Kier alpha value is -1.07. The van der Waals surface area contributed by atoms with Crippen LogP contribution in [0, 0.1) is 0 Å². The summed E-state index contributed by atoms with van der Waals surface area (Å²) in [5.41, 5.74) is -0.0457. The minimum atomic E-state index is -1.19. The molecule has 0 unspecified atom stereocenters. The molecule has 0 amide bonds. The van der Waals surface area contributed by atoms with Crippen molar-refractivity contribution in [2.24, 2.45) is 0 Å². The number of thiophene rings is 1. The number of rotatable bonds is 3. The van der Waals surface area contributed by atoms with E-state index in [0.717, 1.165) is 11.3 Å². The van der Waals surface area contributed by atoms with Gasteiger partial charge in [0.05, 0.1) is 20.5 Å². The van der Waals surface area contributed by atoms with E-state index in [9.17, 15) is 9.59 Å². The number of hydrogen-bond acceptors (Lipinski definition) is 3. The van der Waals surface area contributed by atoms with Crippen molar-refractivity contribution in [1.82, 2.24) is 0 Å². The molecule has 0 bridgehead atoms. The van der Waals surface area contributed by atoms with Crippen LogP contribution in [0.3, 0.4) is 0 Å². The molecule has 3 nitrogen and oxygen atoms in total. The lowest BCUT2D eigenvalue weighted by molar-refractivity contribution is 0.0693. The highest BCUT2D eigenvalue weighted by molar-refractivity contribution is 7.19. The number of ketones is 1. The summed E-state index contributed by atoms with van der Waals surface area (Å²) < 4.78 is 0.197. The van der Waals surface area contributed by atoms with Gasteiger partial charge in [0, 0.05) is 5.56 Å². The van der Waals surface area contributed by atoms with E-state index in [1.165, 1.54) is 18.2 Å². The molecule has 0 fully saturated rings. The third-order valence-corrected chi connectivity index (χ3v) is 4.94. The van der Waals surface area contributed by atoms with Crippen molar-refractivity contribution in [1.29, 1.82) is 0 Å². The quantitative estimate of drug-likeness (QED) is 0.831. The molecule has 1 aromatic carbocycles. The van der Waals surface area contributed by atoms with E-state index < -0.39 is 11.8 Å². The molecule has 1 aromatic heterocycles. The molecule has 0 spiro atoms. The van der Waals surface area contributed by atoms with Crippen LogP contribution < -0.4 is 0 Å². The largest absolute Gasteiger partial charge is 0.478 e. The minimum absolute atomic E-state index is 0.0434. The lowest BCUT2D eigenvalue weighted by atomic mass is 10.0. The molecule has 0 atom stereocenters. The van der Waals surface area contributed by atoms with Crippen molar-refractivity contribution in [3.05, 3.63) is 54.7 Å². The van der Waals surface area contributed by atoms with E-state index in [1.807, 2.05) is 0 Å². The monoisotopic (exact) mass is 334 g/mol. The van der Waals surface area contributed by atoms with Gasteiger partial charge in [-0.05, 0) is 6.07 Å². The van der Waals surface area contributed by atoms with Crippen molar-refractivity contribution in [2.75, 3.05) is 0 Å². The molecule has 2 aromatic rings. The van der Waals surface area contributed by atoms with Gasteiger partial charge in [0.25, 0.3) is 0 Å². The Bertz CT molecular complexity index is 679. The first-order valence-electron chi connectivity index (χ1n) is 4.93. The minimum Gasteiger partial charge on any atom is -0.478 e. The number of hydrogen-bond donors (Lipinski definition) is 1. The number of carboxylic acids is 1. The van der Waals surface area contributed by atoms with Crippen molar-refractivity contribution in [3.8, 4) is 0 Å². The van der Waals surface area contributed by atoms with Crippen molar-refractivity contribution >= 4 is 57.9 Å². The maximum absolute atomic E-state index is 12.3. The molecule has 1 N–H and O–H groups in total. The SMILES string of the molecule is O=C(O)c1ccccc1C(=O)c1sc(Cl)c(Cl)c1Cl. The Kier molecular flexibility index (Phi) is 4.16. The van der Waals surface area contributed by atoms with E-state index in [1.54, 1.807) is 6.07 Å². The van der Waals surface area contributed by atoms with Gasteiger partial charge in [0.15, 0.2) is 0 Å².